The summed E-state index contributed by atoms with van der Waals surface area (Å²) in [5.74, 6) is -1.75. The van der Waals surface area contributed by atoms with Gasteiger partial charge in [0, 0.05) is 31.7 Å². The van der Waals surface area contributed by atoms with Gasteiger partial charge in [0.05, 0.1) is 18.3 Å². The van der Waals surface area contributed by atoms with Crippen LogP contribution in [-0.2, 0) is 36.9 Å². The average Bonchev–Trinajstić information content (AvgIpc) is 2.92. The number of imide groups is 1. The number of nitrogens with one attached hydrogen (secondary N) is 1. The van der Waals surface area contributed by atoms with Gasteiger partial charge in [0.1, 0.15) is 0 Å². The van der Waals surface area contributed by atoms with E-state index < -0.39 is 11.2 Å². The molecule has 1 saturated heterocycles. The highest BCUT2D eigenvalue weighted by atomic mass is 32.1. The lowest BCUT2D eigenvalue weighted by atomic mass is 10.1. The highest BCUT2D eigenvalue weighted by molar-refractivity contribution is 7.81. The van der Waals surface area contributed by atoms with Crippen LogP contribution in [0, 0.1) is 0 Å². The van der Waals surface area contributed by atoms with Crippen LogP contribution in [0.1, 0.15) is 50.2 Å². The Hall–Kier alpha value is -2.39. The fraction of sp³-hybridized carbons (Fsp3) is 0.524. The lowest BCUT2D eigenvalue weighted by Gasteiger charge is -2.14. The number of amides is 3. The van der Waals surface area contributed by atoms with E-state index in [1.54, 1.807) is 18.2 Å². The molecule has 1 aliphatic rings. The molecular weight excluding hydrogens is 408 g/mol. The van der Waals surface area contributed by atoms with E-state index in [2.05, 4.69) is 17.9 Å². The maximum atomic E-state index is 12.3. The topological polar surface area (TPSA) is 113 Å². The molecule has 30 heavy (non-hydrogen) atoms. The van der Waals surface area contributed by atoms with E-state index in [4.69, 9.17) is 9.84 Å². The fourth-order valence-electron chi connectivity index (χ4n) is 3.15. The summed E-state index contributed by atoms with van der Waals surface area (Å²) in [6.45, 7) is 3.28. The zero-order valence-electron chi connectivity index (χ0n) is 17.1. The molecule has 2 rings (SSSR count). The zero-order chi connectivity index (χ0) is 22.1. The van der Waals surface area contributed by atoms with Crippen molar-refractivity contribution in [1.29, 1.82) is 0 Å². The van der Waals surface area contributed by atoms with Crippen LogP contribution in [0.15, 0.2) is 18.2 Å². The smallest absolute Gasteiger partial charge is 0.307 e. The van der Waals surface area contributed by atoms with E-state index in [-0.39, 0.29) is 43.5 Å². The number of carbonyl (C=O) groups excluding carboxylic acids is 3. The van der Waals surface area contributed by atoms with Gasteiger partial charge >= 0.3 is 5.97 Å². The normalized spacial score (nSPS) is 16.2. The standard InChI is InChI=1S/C21H28N2O6S/c1-2-9-29-13-14-6-7-15(11-20(26)27)16(10-14)22-18(24)5-3-4-8-23-19(25)12-17(30)21(23)28/h6-7,10,17,30H,2-5,8-9,11-13H2,1H3,(H,22,24)(H,26,27). The van der Waals surface area contributed by atoms with Gasteiger partial charge < -0.3 is 15.2 Å². The second-order valence-electron chi connectivity index (χ2n) is 7.22. The lowest BCUT2D eigenvalue weighted by Crippen LogP contribution is -2.31. The number of unbranched alkanes of at least 4 members (excludes halogenated alkanes) is 1. The molecule has 1 aromatic carbocycles. The number of anilines is 1. The molecule has 8 nitrogen and oxygen atoms in total. The summed E-state index contributed by atoms with van der Waals surface area (Å²) in [4.78, 5) is 48.2. The Bertz CT molecular complexity index is 798. The number of nitrogens with zero attached hydrogens (tertiary/aromatic N) is 1. The molecule has 1 unspecified atom stereocenters. The van der Waals surface area contributed by atoms with Crippen LogP contribution >= 0.6 is 12.6 Å². The van der Waals surface area contributed by atoms with Crippen molar-refractivity contribution in [2.45, 2.75) is 57.3 Å². The van der Waals surface area contributed by atoms with Crippen LogP contribution < -0.4 is 5.32 Å². The van der Waals surface area contributed by atoms with Crippen molar-refractivity contribution < 1.29 is 29.0 Å². The minimum absolute atomic E-state index is 0.118. The predicted molar refractivity (Wildman–Crippen MR) is 114 cm³/mol. The second kappa shape index (κ2) is 11.7. The van der Waals surface area contributed by atoms with Crippen LogP contribution in [0.25, 0.3) is 0 Å². The molecule has 164 valence electrons. The lowest BCUT2D eigenvalue weighted by molar-refractivity contribution is -0.138. The van der Waals surface area contributed by atoms with Crippen LogP contribution in [-0.4, -0.2) is 52.1 Å². The summed E-state index contributed by atoms with van der Waals surface area (Å²) in [5.41, 5.74) is 1.83. The van der Waals surface area contributed by atoms with Gasteiger partial charge in [-0.25, -0.2) is 0 Å². The summed E-state index contributed by atoms with van der Waals surface area (Å²) in [6, 6.07) is 5.22. The molecule has 0 radical (unpaired) electrons. The van der Waals surface area contributed by atoms with Gasteiger partial charge in [0.15, 0.2) is 0 Å². The number of ether oxygens (including phenoxy) is 1. The highest BCUT2D eigenvalue weighted by Crippen LogP contribution is 2.21. The molecule has 1 heterocycles. The van der Waals surface area contributed by atoms with Crippen molar-refractivity contribution in [3.05, 3.63) is 29.3 Å². The number of benzene rings is 1. The molecule has 0 aliphatic carbocycles. The number of carbonyl (C=O) groups is 4. The van der Waals surface area contributed by atoms with Crippen molar-refractivity contribution in [2.75, 3.05) is 18.5 Å². The third-order valence-electron chi connectivity index (χ3n) is 4.66. The van der Waals surface area contributed by atoms with E-state index in [0.29, 0.717) is 37.3 Å². The Morgan fingerprint density at radius 3 is 2.70 bits per heavy atom. The molecule has 0 saturated carbocycles. The molecular formula is C21H28N2O6S. The number of hydrogen-bond donors (Lipinski definition) is 3. The zero-order valence-corrected chi connectivity index (χ0v) is 18.0. The summed E-state index contributed by atoms with van der Waals surface area (Å²) >= 11 is 4.08. The molecule has 1 atom stereocenters. The summed E-state index contributed by atoms with van der Waals surface area (Å²) in [5, 5.41) is 11.3. The molecule has 2 N–H and O–H groups in total. The van der Waals surface area contributed by atoms with E-state index in [0.717, 1.165) is 12.0 Å². The third kappa shape index (κ3) is 7.14. The number of rotatable bonds is 12. The van der Waals surface area contributed by atoms with Crippen molar-refractivity contribution >= 4 is 42.0 Å². The molecule has 9 heteroatoms. The SMILES string of the molecule is CCCOCc1ccc(CC(=O)O)c(NC(=O)CCCCN2C(=O)CC(S)C2=O)c1. The van der Waals surface area contributed by atoms with Gasteiger partial charge in [-0.2, -0.15) is 12.6 Å². The summed E-state index contributed by atoms with van der Waals surface area (Å²) in [6.07, 6.45) is 2.02. The van der Waals surface area contributed by atoms with Gasteiger partial charge in [0.2, 0.25) is 17.7 Å². The van der Waals surface area contributed by atoms with Gasteiger partial charge in [-0.1, -0.05) is 19.1 Å². The minimum atomic E-state index is -0.983. The van der Waals surface area contributed by atoms with Crippen LogP contribution in [0.5, 0.6) is 0 Å². The maximum Gasteiger partial charge on any atom is 0.307 e. The van der Waals surface area contributed by atoms with E-state index in [1.807, 2.05) is 6.92 Å². The number of carboxylic acid groups (broad SMARTS) is 1. The molecule has 1 aromatic rings. The van der Waals surface area contributed by atoms with E-state index in [9.17, 15) is 19.2 Å². The average molecular weight is 437 g/mol. The van der Waals surface area contributed by atoms with Crippen LogP contribution in [0.3, 0.4) is 0 Å². The van der Waals surface area contributed by atoms with Crippen LogP contribution in [0.4, 0.5) is 5.69 Å². The minimum Gasteiger partial charge on any atom is -0.481 e. The monoisotopic (exact) mass is 436 g/mol. The first-order valence-corrected chi connectivity index (χ1v) is 10.6. The Morgan fingerprint density at radius 1 is 1.30 bits per heavy atom. The van der Waals surface area contributed by atoms with Crippen LogP contribution in [0.2, 0.25) is 0 Å². The van der Waals surface area contributed by atoms with E-state index in [1.165, 1.54) is 4.90 Å². The second-order valence-corrected chi connectivity index (χ2v) is 7.85. The first-order chi connectivity index (χ1) is 14.3. The van der Waals surface area contributed by atoms with Crippen molar-refractivity contribution in [3.8, 4) is 0 Å². The van der Waals surface area contributed by atoms with Gasteiger partial charge in [-0.15, -0.1) is 0 Å². The summed E-state index contributed by atoms with van der Waals surface area (Å²) in [7, 11) is 0. The van der Waals surface area contributed by atoms with Crippen molar-refractivity contribution in [3.63, 3.8) is 0 Å². The van der Waals surface area contributed by atoms with Crippen molar-refractivity contribution in [2.24, 2.45) is 0 Å². The number of thiol groups is 1. The highest BCUT2D eigenvalue weighted by Gasteiger charge is 2.35. The fourth-order valence-corrected chi connectivity index (χ4v) is 3.45. The van der Waals surface area contributed by atoms with Gasteiger partial charge in [-0.3, -0.25) is 24.1 Å². The Balaban J connectivity index is 1.88. The van der Waals surface area contributed by atoms with Gasteiger partial charge in [0.25, 0.3) is 0 Å². The van der Waals surface area contributed by atoms with E-state index >= 15 is 0 Å². The maximum absolute atomic E-state index is 12.3. The Kier molecular flexibility index (Phi) is 9.32. The number of aliphatic carboxylic acids is 1. The Labute approximate surface area is 181 Å². The number of hydrogen-bond acceptors (Lipinski definition) is 6. The first kappa shape index (κ1) is 23.9. The largest absolute Gasteiger partial charge is 0.481 e. The number of likely N-dealkylation sites (tertiary alicyclic amines) is 1. The molecule has 0 bridgehead atoms. The molecule has 0 aromatic heterocycles. The molecule has 3 amide bonds. The first-order valence-electron chi connectivity index (χ1n) is 10.0. The number of carboxylic acids is 1. The van der Waals surface area contributed by atoms with Gasteiger partial charge in [-0.05, 0) is 36.5 Å². The predicted octanol–water partition coefficient (Wildman–Crippen LogP) is 2.41. The van der Waals surface area contributed by atoms with Crippen molar-refractivity contribution in [1.82, 2.24) is 4.90 Å². The molecule has 1 fully saturated rings. The molecule has 0 spiro atoms. The Morgan fingerprint density at radius 2 is 2.07 bits per heavy atom. The quantitative estimate of drug-likeness (QED) is 0.263. The third-order valence-corrected chi connectivity index (χ3v) is 5.07. The summed E-state index contributed by atoms with van der Waals surface area (Å²) < 4.78 is 5.51. The molecule has 1 aliphatic heterocycles.